The van der Waals surface area contributed by atoms with Gasteiger partial charge in [-0.15, -0.1) is 0 Å². The average molecular weight is 250 g/mol. The third-order valence-electron chi connectivity index (χ3n) is 2.34. The summed E-state index contributed by atoms with van der Waals surface area (Å²) in [5, 5.41) is 20.1. The maximum Gasteiger partial charge on any atom is 0.269 e. The monoisotopic (exact) mass is 249 g/mol. The van der Waals surface area contributed by atoms with Crippen LogP contribution in [0.25, 0.3) is 11.1 Å². The first kappa shape index (κ1) is 11.4. The zero-order chi connectivity index (χ0) is 12.4. The molecule has 0 atom stereocenters. The minimum Gasteiger partial charge on any atom is -0.508 e. The molecule has 0 aromatic heterocycles. The fraction of sp³-hybridized carbons (Fsp3) is 0. The van der Waals surface area contributed by atoms with E-state index in [0.29, 0.717) is 5.02 Å². The van der Waals surface area contributed by atoms with Crippen LogP contribution in [-0.2, 0) is 0 Å². The third kappa shape index (κ3) is 2.37. The molecule has 86 valence electrons. The summed E-state index contributed by atoms with van der Waals surface area (Å²) in [5.74, 6) is 0.0839. The van der Waals surface area contributed by atoms with Crippen molar-refractivity contribution in [3.8, 4) is 16.9 Å². The Kier molecular flexibility index (Phi) is 2.97. The smallest absolute Gasteiger partial charge is 0.269 e. The second kappa shape index (κ2) is 4.43. The van der Waals surface area contributed by atoms with Gasteiger partial charge < -0.3 is 5.11 Å². The van der Waals surface area contributed by atoms with Crippen LogP contribution in [0.5, 0.6) is 5.75 Å². The second-order valence-corrected chi connectivity index (χ2v) is 3.88. The SMILES string of the molecule is O=[N+]([O-])c1ccc(-c2ccc(O)cc2Cl)cc1. The summed E-state index contributed by atoms with van der Waals surface area (Å²) in [7, 11) is 0. The molecule has 0 heterocycles. The van der Waals surface area contributed by atoms with Crippen LogP contribution in [0.3, 0.4) is 0 Å². The van der Waals surface area contributed by atoms with Crippen molar-refractivity contribution in [3.05, 3.63) is 57.6 Å². The Labute approximate surface area is 102 Å². The van der Waals surface area contributed by atoms with Crippen LogP contribution >= 0.6 is 11.6 Å². The van der Waals surface area contributed by atoms with Crippen LogP contribution in [0.2, 0.25) is 5.02 Å². The maximum absolute atomic E-state index is 10.5. The molecule has 2 aromatic carbocycles. The zero-order valence-corrected chi connectivity index (χ0v) is 9.39. The number of non-ortho nitro benzene ring substituents is 1. The maximum atomic E-state index is 10.5. The lowest BCUT2D eigenvalue weighted by Crippen LogP contribution is -1.87. The highest BCUT2D eigenvalue weighted by Gasteiger charge is 2.07. The Morgan fingerprint density at radius 2 is 1.76 bits per heavy atom. The number of aromatic hydroxyl groups is 1. The number of halogens is 1. The van der Waals surface area contributed by atoms with E-state index in [0.717, 1.165) is 11.1 Å². The number of phenolic OH excluding ortho intramolecular Hbond substituents is 1. The number of phenols is 1. The van der Waals surface area contributed by atoms with E-state index in [1.165, 1.54) is 24.3 Å². The van der Waals surface area contributed by atoms with Crippen LogP contribution in [0, 0.1) is 10.1 Å². The molecular formula is C12H8ClNO3. The molecule has 0 aliphatic heterocycles. The van der Waals surface area contributed by atoms with E-state index in [-0.39, 0.29) is 11.4 Å². The summed E-state index contributed by atoms with van der Waals surface area (Å²) < 4.78 is 0. The zero-order valence-electron chi connectivity index (χ0n) is 8.63. The highest BCUT2D eigenvalue weighted by atomic mass is 35.5. The van der Waals surface area contributed by atoms with E-state index in [1.807, 2.05) is 0 Å². The number of nitro groups is 1. The molecule has 0 radical (unpaired) electrons. The van der Waals surface area contributed by atoms with E-state index in [9.17, 15) is 15.2 Å². The second-order valence-electron chi connectivity index (χ2n) is 3.47. The van der Waals surface area contributed by atoms with Gasteiger partial charge in [-0.05, 0) is 35.9 Å². The summed E-state index contributed by atoms with van der Waals surface area (Å²) >= 11 is 5.97. The van der Waals surface area contributed by atoms with Crippen molar-refractivity contribution in [3.63, 3.8) is 0 Å². The standard InChI is InChI=1S/C12H8ClNO3/c13-12-7-10(15)5-6-11(12)8-1-3-9(4-2-8)14(16)17/h1-7,15H. The minimum absolute atomic E-state index is 0.0312. The molecule has 0 spiro atoms. The molecule has 0 bridgehead atoms. The normalized spacial score (nSPS) is 10.2. The Balaban J connectivity index is 2.43. The van der Waals surface area contributed by atoms with Crippen molar-refractivity contribution in [2.45, 2.75) is 0 Å². The van der Waals surface area contributed by atoms with Gasteiger partial charge in [-0.3, -0.25) is 10.1 Å². The quantitative estimate of drug-likeness (QED) is 0.653. The molecule has 17 heavy (non-hydrogen) atoms. The molecule has 5 heteroatoms. The predicted molar refractivity (Wildman–Crippen MR) is 65.2 cm³/mol. The Morgan fingerprint density at radius 1 is 1.12 bits per heavy atom. The van der Waals surface area contributed by atoms with Gasteiger partial charge in [-0.1, -0.05) is 11.6 Å². The molecule has 1 N–H and O–H groups in total. The Morgan fingerprint density at radius 3 is 2.29 bits per heavy atom. The van der Waals surface area contributed by atoms with Gasteiger partial charge in [0.05, 0.1) is 9.95 Å². The molecule has 2 rings (SSSR count). The molecule has 4 nitrogen and oxygen atoms in total. The lowest BCUT2D eigenvalue weighted by atomic mass is 10.1. The van der Waals surface area contributed by atoms with Crippen molar-refractivity contribution in [1.29, 1.82) is 0 Å². The summed E-state index contributed by atoms with van der Waals surface area (Å²) in [4.78, 5) is 10.1. The molecule has 2 aromatic rings. The van der Waals surface area contributed by atoms with Crippen molar-refractivity contribution < 1.29 is 10.0 Å². The Hall–Kier alpha value is -2.07. The number of hydrogen-bond donors (Lipinski definition) is 1. The van der Waals surface area contributed by atoms with Gasteiger partial charge in [-0.25, -0.2) is 0 Å². The molecule has 0 saturated heterocycles. The van der Waals surface area contributed by atoms with E-state index < -0.39 is 4.92 Å². The fourth-order valence-electron chi connectivity index (χ4n) is 1.50. The Bertz CT molecular complexity index is 566. The first-order valence-corrected chi connectivity index (χ1v) is 5.19. The number of benzene rings is 2. The van der Waals surface area contributed by atoms with Crippen LogP contribution in [0.15, 0.2) is 42.5 Å². The molecule has 0 amide bonds. The van der Waals surface area contributed by atoms with Gasteiger partial charge in [0.15, 0.2) is 0 Å². The topological polar surface area (TPSA) is 63.4 Å². The number of rotatable bonds is 2. The first-order chi connectivity index (χ1) is 8.08. The molecular weight excluding hydrogens is 242 g/mol. The van der Waals surface area contributed by atoms with E-state index in [4.69, 9.17) is 11.6 Å². The van der Waals surface area contributed by atoms with E-state index in [2.05, 4.69) is 0 Å². The van der Waals surface area contributed by atoms with Crippen LogP contribution in [-0.4, -0.2) is 10.0 Å². The van der Waals surface area contributed by atoms with Crippen LogP contribution < -0.4 is 0 Å². The number of nitrogens with zero attached hydrogens (tertiary/aromatic N) is 1. The van der Waals surface area contributed by atoms with Crippen molar-refractivity contribution in [1.82, 2.24) is 0 Å². The third-order valence-corrected chi connectivity index (χ3v) is 2.65. The minimum atomic E-state index is -0.456. The molecule has 0 unspecified atom stereocenters. The van der Waals surface area contributed by atoms with E-state index >= 15 is 0 Å². The van der Waals surface area contributed by atoms with Crippen molar-refractivity contribution in [2.24, 2.45) is 0 Å². The number of hydrogen-bond acceptors (Lipinski definition) is 3. The first-order valence-electron chi connectivity index (χ1n) is 4.81. The lowest BCUT2D eigenvalue weighted by molar-refractivity contribution is -0.384. The van der Waals surface area contributed by atoms with E-state index in [1.54, 1.807) is 18.2 Å². The number of nitro benzene ring substituents is 1. The van der Waals surface area contributed by atoms with Gasteiger partial charge in [0.25, 0.3) is 5.69 Å². The van der Waals surface area contributed by atoms with Gasteiger partial charge in [0, 0.05) is 17.7 Å². The van der Waals surface area contributed by atoms with Gasteiger partial charge in [0.1, 0.15) is 5.75 Å². The lowest BCUT2D eigenvalue weighted by Gasteiger charge is -2.04. The van der Waals surface area contributed by atoms with Crippen LogP contribution in [0.1, 0.15) is 0 Å². The van der Waals surface area contributed by atoms with Crippen molar-refractivity contribution >= 4 is 17.3 Å². The molecule has 0 aliphatic rings. The van der Waals surface area contributed by atoms with Crippen LogP contribution in [0.4, 0.5) is 5.69 Å². The average Bonchev–Trinajstić information content (AvgIpc) is 2.29. The summed E-state index contributed by atoms with van der Waals surface area (Å²) in [5.41, 5.74) is 1.52. The molecule has 0 fully saturated rings. The highest BCUT2D eigenvalue weighted by Crippen LogP contribution is 2.31. The summed E-state index contributed by atoms with van der Waals surface area (Å²) in [6.07, 6.45) is 0. The fourth-order valence-corrected chi connectivity index (χ4v) is 1.78. The van der Waals surface area contributed by atoms with Gasteiger partial charge in [0.2, 0.25) is 0 Å². The predicted octanol–water partition coefficient (Wildman–Crippen LogP) is 3.62. The van der Waals surface area contributed by atoms with Gasteiger partial charge in [-0.2, -0.15) is 0 Å². The summed E-state index contributed by atoms with van der Waals surface area (Å²) in [6.45, 7) is 0. The van der Waals surface area contributed by atoms with Crippen molar-refractivity contribution in [2.75, 3.05) is 0 Å². The largest absolute Gasteiger partial charge is 0.508 e. The molecule has 0 saturated carbocycles. The van der Waals surface area contributed by atoms with Gasteiger partial charge >= 0.3 is 0 Å². The summed E-state index contributed by atoms with van der Waals surface area (Å²) in [6, 6.07) is 10.7. The highest BCUT2D eigenvalue weighted by molar-refractivity contribution is 6.33. The molecule has 0 aliphatic carbocycles.